The fourth-order valence-electron chi connectivity index (χ4n) is 3.54. The topological polar surface area (TPSA) is 62.1 Å². The first-order valence-corrected chi connectivity index (χ1v) is 9.05. The molecule has 0 spiro atoms. The normalized spacial score (nSPS) is 22.1. The Bertz CT molecular complexity index is 877. The van der Waals surface area contributed by atoms with Gasteiger partial charge in [0.1, 0.15) is 5.75 Å². The van der Waals surface area contributed by atoms with Crippen molar-refractivity contribution in [1.82, 2.24) is 4.90 Å². The molecule has 0 aliphatic carbocycles. The molecule has 2 aromatic carbocycles. The highest BCUT2D eigenvalue weighted by Crippen LogP contribution is 2.51. The van der Waals surface area contributed by atoms with E-state index in [0.29, 0.717) is 16.1 Å². The lowest BCUT2D eigenvalue weighted by Gasteiger charge is -2.42. The lowest BCUT2D eigenvalue weighted by Crippen LogP contribution is -2.49. The average molecular weight is 387 g/mol. The number of carbonyl (C=O) groups excluding carboxylic acids is 1. The van der Waals surface area contributed by atoms with E-state index in [1.165, 1.54) is 13.2 Å². The van der Waals surface area contributed by atoms with Gasteiger partial charge in [0.15, 0.2) is 0 Å². The first kappa shape index (κ1) is 19.2. The standard InChI is InChI=1S/C21H23ClN2O3/c1-20(2,3)24-13-23-21(19(26)27-4,14-8-6-5-7-9-14)18(24)16-11-10-15(22)12-17(16)25/h5-13,18,25H,1-4H3/t18-,21+/m0/s1. The fourth-order valence-corrected chi connectivity index (χ4v) is 3.70. The minimum absolute atomic E-state index is 0.0106. The molecule has 0 fully saturated rings. The summed E-state index contributed by atoms with van der Waals surface area (Å²) in [6, 6.07) is 13.6. The zero-order valence-electron chi connectivity index (χ0n) is 15.8. The van der Waals surface area contributed by atoms with Crippen molar-refractivity contribution in [2.24, 2.45) is 4.99 Å². The number of phenolic OH excluding ortho intramolecular Hbond substituents is 1. The maximum absolute atomic E-state index is 13.1. The Morgan fingerprint density at radius 1 is 1.22 bits per heavy atom. The Balaban J connectivity index is 2.31. The Labute approximate surface area is 164 Å². The molecule has 2 atom stereocenters. The van der Waals surface area contributed by atoms with Crippen molar-refractivity contribution in [3.63, 3.8) is 0 Å². The van der Waals surface area contributed by atoms with Crippen LogP contribution in [0.4, 0.5) is 0 Å². The molecule has 1 aliphatic heterocycles. The predicted octanol–water partition coefficient (Wildman–Crippen LogP) is 4.30. The van der Waals surface area contributed by atoms with E-state index < -0.39 is 17.6 Å². The van der Waals surface area contributed by atoms with Crippen molar-refractivity contribution in [1.29, 1.82) is 0 Å². The Hall–Kier alpha value is -2.53. The van der Waals surface area contributed by atoms with Crippen molar-refractivity contribution < 1.29 is 14.6 Å². The van der Waals surface area contributed by atoms with Gasteiger partial charge in [-0.25, -0.2) is 9.79 Å². The molecular formula is C21H23ClN2O3. The van der Waals surface area contributed by atoms with Gasteiger partial charge in [-0.2, -0.15) is 0 Å². The number of hydrogen-bond acceptors (Lipinski definition) is 5. The van der Waals surface area contributed by atoms with Gasteiger partial charge in [-0.1, -0.05) is 48.0 Å². The van der Waals surface area contributed by atoms with E-state index in [1.54, 1.807) is 18.5 Å². The summed E-state index contributed by atoms with van der Waals surface area (Å²) >= 11 is 6.03. The molecule has 3 rings (SSSR count). The summed E-state index contributed by atoms with van der Waals surface area (Å²) in [5, 5.41) is 11.1. The predicted molar refractivity (Wildman–Crippen MR) is 106 cm³/mol. The van der Waals surface area contributed by atoms with Crippen molar-refractivity contribution in [3.8, 4) is 5.75 Å². The minimum atomic E-state index is -1.34. The Kier molecular flexibility index (Phi) is 4.91. The van der Waals surface area contributed by atoms with Crippen molar-refractivity contribution in [3.05, 3.63) is 64.7 Å². The number of methoxy groups -OCH3 is 1. The van der Waals surface area contributed by atoms with Gasteiger partial charge in [0.25, 0.3) is 0 Å². The van der Waals surface area contributed by atoms with Crippen LogP contribution in [0.3, 0.4) is 0 Å². The fraction of sp³-hybridized carbons (Fsp3) is 0.333. The number of halogens is 1. The van der Waals surface area contributed by atoms with Crippen LogP contribution in [0.1, 0.15) is 37.9 Å². The van der Waals surface area contributed by atoms with Crippen LogP contribution in [0.5, 0.6) is 5.75 Å². The number of aliphatic imine (C=N–C) groups is 1. The van der Waals surface area contributed by atoms with Gasteiger partial charge in [0.2, 0.25) is 5.54 Å². The highest BCUT2D eigenvalue weighted by atomic mass is 35.5. The van der Waals surface area contributed by atoms with Gasteiger partial charge in [-0.05, 0) is 38.5 Å². The molecule has 6 heteroatoms. The molecule has 2 aromatic rings. The average Bonchev–Trinajstić information content (AvgIpc) is 3.03. The van der Waals surface area contributed by atoms with Crippen LogP contribution < -0.4 is 0 Å². The number of aromatic hydroxyl groups is 1. The zero-order valence-corrected chi connectivity index (χ0v) is 16.6. The van der Waals surface area contributed by atoms with Crippen LogP contribution in [0.15, 0.2) is 53.5 Å². The van der Waals surface area contributed by atoms with Crippen LogP contribution in [-0.2, 0) is 15.1 Å². The second-order valence-corrected chi connectivity index (χ2v) is 7.99. The Morgan fingerprint density at radius 2 is 1.89 bits per heavy atom. The molecule has 1 aliphatic rings. The largest absolute Gasteiger partial charge is 0.508 e. The van der Waals surface area contributed by atoms with Gasteiger partial charge >= 0.3 is 5.97 Å². The molecule has 0 bridgehead atoms. The molecule has 0 saturated heterocycles. The molecule has 142 valence electrons. The molecule has 0 radical (unpaired) electrons. The van der Waals surface area contributed by atoms with Crippen LogP contribution >= 0.6 is 11.6 Å². The lowest BCUT2D eigenvalue weighted by molar-refractivity contribution is -0.149. The van der Waals surface area contributed by atoms with Crippen LogP contribution in [-0.4, -0.2) is 35.0 Å². The van der Waals surface area contributed by atoms with Crippen molar-refractivity contribution in [2.75, 3.05) is 7.11 Å². The maximum atomic E-state index is 13.1. The molecule has 0 saturated carbocycles. The third-order valence-corrected chi connectivity index (χ3v) is 5.07. The van der Waals surface area contributed by atoms with E-state index in [4.69, 9.17) is 16.3 Å². The molecular weight excluding hydrogens is 364 g/mol. The summed E-state index contributed by atoms with van der Waals surface area (Å²) < 4.78 is 5.18. The van der Waals surface area contributed by atoms with Crippen LogP contribution in [0.25, 0.3) is 0 Å². The second-order valence-electron chi connectivity index (χ2n) is 7.55. The molecule has 0 unspecified atom stereocenters. The summed E-state index contributed by atoms with van der Waals surface area (Å²) in [6.07, 6.45) is 1.67. The lowest BCUT2D eigenvalue weighted by atomic mass is 9.78. The molecule has 5 nitrogen and oxygen atoms in total. The first-order chi connectivity index (χ1) is 12.7. The van der Waals surface area contributed by atoms with Gasteiger partial charge in [-0.15, -0.1) is 0 Å². The molecule has 1 heterocycles. The number of hydrogen-bond donors (Lipinski definition) is 1. The summed E-state index contributed by atoms with van der Waals surface area (Å²) in [5.41, 5.74) is -0.445. The first-order valence-electron chi connectivity index (χ1n) is 8.68. The summed E-state index contributed by atoms with van der Waals surface area (Å²) in [4.78, 5) is 19.7. The van der Waals surface area contributed by atoms with E-state index in [9.17, 15) is 9.90 Å². The number of ether oxygens (including phenoxy) is 1. The molecule has 0 aromatic heterocycles. The smallest absolute Gasteiger partial charge is 0.341 e. The summed E-state index contributed by atoms with van der Waals surface area (Å²) in [6.45, 7) is 6.08. The van der Waals surface area contributed by atoms with Gasteiger partial charge in [0, 0.05) is 16.1 Å². The van der Waals surface area contributed by atoms with Gasteiger partial charge < -0.3 is 14.7 Å². The van der Waals surface area contributed by atoms with Crippen LogP contribution in [0.2, 0.25) is 5.02 Å². The molecule has 0 amide bonds. The Morgan fingerprint density at radius 3 is 2.44 bits per heavy atom. The van der Waals surface area contributed by atoms with E-state index in [1.807, 2.05) is 56.0 Å². The summed E-state index contributed by atoms with van der Waals surface area (Å²) in [7, 11) is 1.35. The maximum Gasteiger partial charge on any atom is 0.341 e. The monoisotopic (exact) mass is 386 g/mol. The number of rotatable bonds is 3. The zero-order chi connectivity index (χ0) is 19.8. The minimum Gasteiger partial charge on any atom is -0.508 e. The highest BCUT2D eigenvalue weighted by Gasteiger charge is 2.57. The number of phenols is 1. The van der Waals surface area contributed by atoms with E-state index in [0.717, 1.165) is 0 Å². The van der Waals surface area contributed by atoms with E-state index in [2.05, 4.69) is 4.99 Å². The SMILES string of the molecule is COC(=O)[C@]1(c2ccccc2)N=CN(C(C)(C)C)[C@H]1c1ccc(Cl)cc1O. The number of benzene rings is 2. The number of nitrogens with zero attached hydrogens (tertiary/aromatic N) is 2. The third-order valence-electron chi connectivity index (χ3n) is 4.83. The quantitative estimate of drug-likeness (QED) is 0.799. The highest BCUT2D eigenvalue weighted by molar-refractivity contribution is 6.30. The summed E-state index contributed by atoms with van der Waals surface area (Å²) in [5.74, 6) is -0.479. The van der Waals surface area contributed by atoms with Gasteiger partial charge in [0.05, 0.1) is 19.5 Å². The third kappa shape index (κ3) is 3.16. The van der Waals surface area contributed by atoms with E-state index in [-0.39, 0.29) is 11.3 Å². The second kappa shape index (κ2) is 6.89. The number of carbonyl (C=O) groups is 1. The molecule has 1 N–H and O–H groups in total. The number of esters is 1. The van der Waals surface area contributed by atoms with Crippen LogP contribution in [0, 0.1) is 0 Å². The molecule has 27 heavy (non-hydrogen) atoms. The van der Waals surface area contributed by atoms with Crippen molar-refractivity contribution >= 4 is 23.9 Å². The van der Waals surface area contributed by atoms with Crippen molar-refractivity contribution in [2.45, 2.75) is 37.9 Å². The van der Waals surface area contributed by atoms with E-state index >= 15 is 0 Å². The van der Waals surface area contributed by atoms with Gasteiger partial charge in [-0.3, -0.25) is 0 Å².